The molecule has 2 heterocycles. The summed E-state index contributed by atoms with van der Waals surface area (Å²) < 4.78 is 10.7. The second-order valence-electron chi connectivity index (χ2n) is 5.97. The molecule has 0 amide bonds. The smallest absolute Gasteiger partial charge is 0.227 e. The summed E-state index contributed by atoms with van der Waals surface area (Å²) >= 11 is 0. The van der Waals surface area contributed by atoms with E-state index >= 15 is 0 Å². The van der Waals surface area contributed by atoms with Crippen LogP contribution in [0.2, 0.25) is 0 Å². The molecular formula is C17H24N4O2. The lowest BCUT2D eigenvalue weighted by Crippen LogP contribution is -2.34. The van der Waals surface area contributed by atoms with Gasteiger partial charge in [0.15, 0.2) is 11.5 Å². The zero-order valence-corrected chi connectivity index (χ0v) is 14.0. The van der Waals surface area contributed by atoms with Gasteiger partial charge in [0.1, 0.15) is 5.82 Å². The van der Waals surface area contributed by atoms with E-state index in [1.54, 1.807) is 14.2 Å². The summed E-state index contributed by atoms with van der Waals surface area (Å²) in [5.74, 6) is 3.27. The molecule has 1 aliphatic heterocycles. The zero-order chi connectivity index (χ0) is 16.4. The first-order valence-electron chi connectivity index (χ1n) is 8.10. The predicted molar refractivity (Wildman–Crippen MR) is 92.3 cm³/mol. The molecule has 6 heteroatoms. The van der Waals surface area contributed by atoms with E-state index < -0.39 is 0 Å². The van der Waals surface area contributed by atoms with Gasteiger partial charge in [0.25, 0.3) is 0 Å². The van der Waals surface area contributed by atoms with Crippen molar-refractivity contribution in [2.24, 2.45) is 5.92 Å². The Morgan fingerprint density at radius 1 is 1.13 bits per heavy atom. The van der Waals surface area contributed by atoms with Crippen LogP contribution in [0.1, 0.15) is 26.2 Å². The van der Waals surface area contributed by atoms with Crippen LogP contribution in [0.3, 0.4) is 0 Å². The van der Waals surface area contributed by atoms with Crippen LogP contribution in [0.25, 0.3) is 10.9 Å². The number of hydrogen-bond donors (Lipinski definition) is 1. The molecule has 6 nitrogen and oxygen atoms in total. The first-order chi connectivity index (χ1) is 11.2. The minimum atomic E-state index is 0.476. The van der Waals surface area contributed by atoms with Crippen LogP contribution in [-0.4, -0.2) is 37.3 Å². The largest absolute Gasteiger partial charge is 0.493 e. The van der Waals surface area contributed by atoms with Crippen molar-refractivity contribution in [3.05, 3.63) is 12.1 Å². The van der Waals surface area contributed by atoms with Crippen molar-refractivity contribution in [2.75, 3.05) is 37.9 Å². The molecule has 0 spiro atoms. The SMILES string of the molecule is CCC1CCN(c2nc(N)c3cc(OC)c(OC)cc3n2)CC1. The van der Waals surface area contributed by atoms with E-state index in [1.165, 1.54) is 19.3 Å². The second kappa shape index (κ2) is 6.48. The van der Waals surface area contributed by atoms with Crippen molar-refractivity contribution in [1.82, 2.24) is 9.97 Å². The lowest BCUT2D eigenvalue weighted by atomic mass is 9.95. The summed E-state index contributed by atoms with van der Waals surface area (Å²) in [6.45, 7) is 4.22. The molecule has 124 valence electrons. The van der Waals surface area contributed by atoms with Gasteiger partial charge in [0.2, 0.25) is 5.95 Å². The molecule has 1 aromatic heterocycles. The minimum Gasteiger partial charge on any atom is -0.493 e. The third-order valence-electron chi connectivity index (χ3n) is 4.69. The molecule has 3 rings (SSSR count). The molecule has 0 radical (unpaired) electrons. The highest BCUT2D eigenvalue weighted by atomic mass is 16.5. The van der Waals surface area contributed by atoms with E-state index in [0.717, 1.165) is 29.9 Å². The van der Waals surface area contributed by atoms with Crippen molar-refractivity contribution in [2.45, 2.75) is 26.2 Å². The number of benzene rings is 1. The predicted octanol–water partition coefficient (Wildman–Crippen LogP) is 2.86. The van der Waals surface area contributed by atoms with Gasteiger partial charge < -0.3 is 20.1 Å². The monoisotopic (exact) mass is 316 g/mol. The van der Waals surface area contributed by atoms with E-state index in [2.05, 4.69) is 16.8 Å². The Morgan fingerprint density at radius 2 is 1.78 bits per heavy atom. The van der Waals surface area contributed by atoms with Crippen molar-refractivity contribution >= 4 is 22.7 Å². The Hall–Kier alpha value is -2.24. The number of hydrogen-bond acceptors (Lipinski definition) is 6. The van der Waals surface area contributed by atoms with Gasteiger partial charge in [-0.2, -0.15) is 4.98 Å². The number of anilines is 2. The number of aromatic nitrogens is 2. The molecule has 1 aliphatic rings. The second-order valence-corrected chi connectivity index (χ2v) is 5.97. The molecule has 0 aliphatic carbocycles. The van der Waals surface area contributed by atoms with Crippen LogP contribution in [-0.2, 0) is 0 Å². The molecule has 0 atom stereocenters. The summed E-state index contributed by atoms with van der Waals surface area (Å²) in [5, 5.41) is 0.787. The van der Waals surface area contributed by atoms with E-state index in [9.17, 15) is 0 Å². The topological polar surface area (TPSA) is 73.5 Å². The number of nitrogens with zero attached hydrogens (tertiary/aromatic N) is 3. The molecule has 0 unspecified atom stereocenters. The summed E-state index contributed by atoms with van der Waals surface area (Å²) in [7, 11) is 3.22. The van der Waals surface area contributed by atoms with Crippen LogP contribution in [0, 0.1) is 5.92 Å². The number of rotatable bonds is 4. The standard InChI is InChI=1S/C17H24N4O2/c1-4-11-5-7-21(8-6-11)17-19-13-10-15(23-3)14(22-2)9-12(13)16(18)20-17/h9-11H,4-8H2,1-3H3,(H2,18,19,20). The van der Waals surface area contributed by atoms with Gasteiger partial charge >= 0.3 is 0 Å². The van der Waals surface area contributed by atoms with E-state index in [0.29, 0.717) is 23.3 Å². The normalized spacial score (nSPS) is 15.9. The fraction of sp³-hybridized carbons (Fsp3) is 0.529. The van der Waals surface area contributed by atoms with Crippen molar-refractivity contribution in [3.63, 3.8) is 0 Å². The van der Waals surface area contributed by atoms with Gasteiger partial charge in [0, 0.05) is 24.5 Å². The van der Waals surface area contributed by atoms with Crippen molar-refractivity contribution in [1.29, 1.82) is 0 Å². The summed E-state index contributed by atoms with van der Waals surface area (Å²) in [6.07, 6.45) is 3.61. The first kappa shape index (κ1) is 15.6. The average molecular weight is 316 g/mol. The maximum Gasteiger partial charge on any atom is 0.227 e. The van der Waals surface area contributed by atoms with Crippen LogP contribution >= 0.6 is 0 Å². The maximum absolute atomic E-state index is 6.16. The van der Waals surface area contributed by atoms with Gasteiger partial charge in [-0.15, -0.1) is 0 Å². The summed E-state index contributed by atoms with van der Waals surface area (Å²) in [5.41, 5.74) is 6.94. The van der Waals surface area contributed by atoms with Crippen molar-refractivity contribution in [3.8, 4) is 11.5 Å². The molecule has 2 aromatic rings. The molecule has 1 saturated heterocycles. The molecule has 1 fully saturated rings. The Morgan fingerprint density at radius 3 is 2.39 bits per heavy atom. The molecule has 2 N–H and O–H groups in total. The van der Waals surface area contributed by atoms with Gasteiger partial charge in [-0.25, -0.2) is 4.98 Å². The van der Waals surface area contributed by atoms with E-state index in [-0.39, 0.29) is 0 Å². The number of nitrogen functional groups attached to an aromatic ring is 1. The lowest BCUT2D eigenvalue weighted by Gasteiger charge is -2.31. The zero-order valence-electron chi connectivity index (χ0n) is 14.0. The number of piperidine rings is 1. The lowest BCUT2D eigenvalue weighted by molar-refractivity contribution is 0.356. The highest BCUT2D eigenvalue weighted by molar-refractivity contribution is 5.91. The first-order valence-corrected chi connectivity index (χ1v) is 8.10. The van der Waals surface area contributed by atoms with Gasteiger partial charge in [0.05, 0.1) is 19.7 Å². The fourth-order valence-corrected chi connectivity index (χ4v) is 3.15. The van der Waals surface area contributed by atoms with Gasteiger partial charge in [-0.3, -0.25) is 0 Å². The Bertz CT molecular complexity index is 697. The molecule has 0 saturated carbocycles. The van der Waals surface area contributed by atoms with Crippen LogP contribution < -0.4 is 20.1 Å². The van der Waals surface area contributed by atoms with Gasteiger partial charge in [-0.05, 0) is 24.8 Å². The Labute approximate surface area is 136 Å². The maximum atomic E-state index is 6.16. The van der Waals surface area contributed by atoms with Crippen LogP contribution in [0.5, 0.6) is 11.5 Å². The number of methoxy groups -OCH3 is 2. The van der Waals surface area contributed by atoms with Crippen molar-refractivity contribution < 1.29 is 9.47 Å². The quantitative estimate of drug-likeness (QED) is 0.935. The molecular weight excluding hydrogens is 292 g/mol. The number of fused-ring (bicyclic) bond motifs is 1. The molecule has 0 bridgehead atoms. The minimum absolute atomic E-state index is 0.476. The third-order valence-corrected chi connectivity index (χ3v) is 4.69. The van der Waals surface area contributed by atoms with Gasteiger partial charge in [-0.1, -0.05) is 13.3 Å². The summed E-state index contributed by atoms with van der Waals surface area (Å²) in [6, 6.07) is 3.69. The number of ether oxygens (including phenoxy) is 2. The van der Waals surface area contributed by atoms with E-state index in [4.69, 9.17) is 20.2 Å². The van der Waals surface area contributed by atoms with E-state index in [1.807, 2.05) is 12.1 Å². The highest BCUT2D eigenvalue weighted by Crippen LogP contribution is 2.34. The summed E-state index contributed by atoms with van der Waals surface area (Å²) in [4.78, 5) is 11.4. The molecule has 1 aromatic carbocycles. The Kier molecular flexibility index (Phi) is 4.41. The Balaban J connectivity index is 1.97. The fourth-order valence-electron chi connectivity index (χ4n) is 3.15. The average Bonchev–Trinajstić information content (AvgIpc) is 2.60. The third kappa shape index (κ3) is 2.98. The van der Waals surface area contributed by atoms with Crippen LogP contribution in [0.4, 0.5) is 11.8 Å². The molecule has 23 heavy (non-hydrogen) atoms. The highest BCUT2D eigenvalue weighted by Gasteiger charge is 2.21. The van der Waals surface area contributed by atoms with Crippen LogP contribution in [0.15, 0.2) is 12.1 Å². The number of nitrogens with two attached hydrogens (primary N) is 1.